The number of esters is 1. The fourth-order valence-corrected chi connectivity index (χ4v) is 3.48. The lowest BCUT2D eigenvalue weighted by Gasteiger charge is -2.33. The average molecular weight is 460 g/mol. The lowest BCUT2D eigenvalue weighted by atomic mass is 10.1. The molecule has 1 fully saturated rings. The highest BCUT2D eigenvalue weighted by molar-refractivity contribution is 5.91. The molecule has 1 aliphatic heterocycles. The molecule has 0 aliphatic carbocycles. The summed E-state index contributed by atoms with van der Waals surface area (Å²) in [6, 6.07) is 3.08. The minimum absolute atomic E-state index is 0.0574. The van der Waals surface area contributed by atoms with Gasteiger partial charge >= 0.3 is 18.2 Å². The Morgan fingerprint density at radius 1 is 1.22 bits per heavy atom. The minimum Gasteiger partial charge on any atom is -0.462 e. The van der Waals surface area contributed by atoms with Crippen LogP contribution in [0.4, 0.5) is 23.7 Å². The van der Waals surface area contributed by atoms with E-state index in [-0.39, 0.29) is 30.4 Å². The number of hydrogen-bond acceptors (Lipinski definition) is 6. The summed E-state index contributed by atoms with van der Waals surface area (Å²) in [7, 11) is 0. The van der Waals surface area contributed by atoms with Gasteiger partial charge in [0.1, 0.15) is 5.60 Å². The summed E-state index contributed by atoms with van der Waals surface area (Å²) in [5.41, 5.74) is -1.53. The largest absolute Gasteiger partial charge is 0.462 e. The zero-order valence-electron chi connectivity index (χ0n) is 19.0. The molecule has 1 aromatic carbocycles. The summed E-state index contributed by atoms with van der Waals surface area (Å²) in [6.07, 6.45) is -3.37. The predicted molar refractivity (Wildman–Crippen MR) is 115 cm³/mol. The van der Waals surface area contributed by atoms with Crippen molar-refractivity contribution in [2.24, 2.45) is 0 Å². The summed E-state index contributed by atoms with van der Waals surface area (Å²) in [6.45, 7) is 9.22. The van der Waals surface area contributed by atoms with Crippen LogP contribution in [0.15, 0.2) is 18.2 Å². The van der Waals surface area contributed by atoms with Gasteiger partial charge in [-0.3, -0.25) is 4.90 Å². The van der Waals surface area contributed by atoms with Crippen molar-refractivity contribution < 1.29 is 32.2 Å². The van der Waals surface area contributed by atoms with Crippen molar-refractivity contribution in [1.29, 1.82) is 0 Å². The van der Waals surface area contributed by atoms with E-state index in [9.17, 15) is 22.8 Å². The van der Waals surface area contributed by atoms with Crippen LogP contribution in [0.1, 0.15) is 56.5 Å². The van der Waals surface area contributed by atoms with Gasteiger partial charge in [-0.25, -0.2) is 9.59 Å². The monoisotopic (exact) mass is 459 g/mol. The van der Waals surface area contributed by atoms with E-state index in [4.69, 9.17) is 9.47 Å². The maximum Gasteiger partial charge on any atom is 0.418 e. The number of alkyl halides is 3. The first-order chi connectivity index (χ1) is 14.9. The Bertz CT molecular complexity index is 794. The van der Waals surface area contributed by atoms with Crippen molar-refractivity contribution in [3.05, 3.63) is 29.3 Å². The number of nitrogens with one attached hydrogen (secondary N) is 2. The summed E-state index contributed by atoms with van der Waals surface area (Å²) < 4.78 is 50.3. The number of benzene rings is 1. The molecular weight excluding hydrogens is 427 g/mol. The Hall–Kier alpha value is -2.49. The number of hydrogen-bond donors (Lipinski definition) is 2. The van der Waals surface area contributed by atoms with E-state index < -0.39 is 29.4 Å². The maximum atomic E-state index is 13.4. The van der Waals surface area contributed by atoms with Gasteiger partial charge in [0.15, 0.2) is 0 Å². The van der Waals surface area contributed by atoms with E-state index in [0.29, 0.717) is 13.1 Å². The number of rotatable bonds is 7. The van der Waals surface area contributed by atoms with E-state index >= 15 is 0 Å². The Morgan fingerprint density at radius 2 is 1.94 bits per heavy atom. The molecule has 0 spiro atoms. The third kappa shape index (κ3) is 8.22. The van der Waals surface area contributed by atoms with Crippen LogP contribution in [0.5, 0.6) is 0 Å². The van der Waals surface area contributed by atoms with Gasteiger partial charge in [0.2, 0.25) is 0 Å². The van der Waals surface area contributed by atoms with Crippen LogP contribution in [0, 0.1) is 0 Å². The number of nitrogens with zero attached hydrogens (tertiary/aromatic N) is 1. The molecule has 1 amide bonds. The lowest BCUT2D eigenvalue weighted by Crippen LogP contribution is -2.49. The molecular formula is C22H32F3N3O4. The van der Waals surface area contributed by atoms with Gasteiger partial charge < -0.3 is 20.1 Å². The number of amides is 1. The molecule has 1 atom stereocenters. The molecule has 10 heteroatoms. The summed E-state index contributed by atoms with van der Waals surface area (Å²) in [5, 5.41) is 5.66. The molecule has 0 saturated carbocycles. The van der Waals surface area contributed by atoms with Gasteiger partial charge in [0, 0.05) is 31.4 Å². The molecule has 1 heterocycles. The zero-order valence-corrected chi connectivity index (χ0v) is 19.0. The SMILES string of the molecule is CCOC(=O)c1ccc(C(F)(F)F)c(NCCN2CCC[C@@H](NC(=O)OC(C)(C)C)C2)c1. The van der Waals surface area contributed by atoms with Gasteiger partial charge in [0.25, 0.3) is 0 Å². The molecule has 2 N–H and O–H groups in total. The second-order valence-corrected chi connectivity index (χ2v) is 8.69. The zero-order chi connectivity index (χ0) is 23.9. The Labute approximate surface area is 186 Å². The number of alkyl carbamates (subject to hydrolysis) is 1. The second-order valence-electron chi connectivity index (χ2n) is 8.69. The molecule has 0 bridgehead atoms. The molecule has 7 nitrogen and oxygen atoms in total. The first-order valence-electron chi connectivity index (χ1n) is 10.7. The molecule has 2 rings (SSSR count). The summed E-state index contributed by atoms with van der Waals surface area (Å²) in [5.74, 6) is -0.670. The first-order valence-corrected chi connectivity index (χ1v) is 10.7. The van der Waals surface area contributed by atoms with Crippen LogP contribution >= 0.6 is 0 Å². The topological polar surface area (TPSA) is 79.9 Å². The molecule has 0 radical (unpaired) electrons. The minimum atomic E-state index is -4.55. The normalized spacial score (nSPS) is 17.5. The van der Waals surface area contributed by atoms with E-state index in [1.54, 1.807) is 27.7 Å². The average Bonchev–Trinajstić information content (AvgIpc) is 2.66. The number of carbonyl (C=O) groups is 2. The number of piperidine rings is 1. The molecule has 32 heavy (non-hydrogen) atoms. The van der Waals surface area contributed by atoms with E-state index in [1.165, 1.54) is 6.07 Å². The second kappa shape index (κ2) is 10.9. The fraction of sp³-hybridized carbons (Fsp3) is 0.636. The quantitative estimate of drug-likeness (QED) is 0.593. The number of anilines is 1. The smallest absolute Gasteiger partial charge is 0.418 e. The van der Waals surface area contributed by atoms with Crippen molar-refractivity contribution in [3.63, 3.8) is 0 Å². The van der Waals surface area contributed by atoms with Crippen LogP contribution < -0.4 is 10.6 Å². The number of ether oxygens (including phenoxy) is 2. The lowest BCUT2D eigenvalue weighted by molar-refractivity contribution is -0.137. The van der Waals surface area contributed by atoms with Crippen molar-refractivity contribution in [3.8, 4) is 0 Å². The van der Waals surface area contributed by atoms with Gasteiger partial charge in [-0.2, -0.15) is 13.2 Å². The highest BCUT2D eigenvalue weighted by Crippen LogP contribution is 2.35. The molecule has 0 aromatic heterocycles. The van der Waals surface area contributed by atoms with E-state index in [2.05, 4.69) is 15.5 Å². The molecule has 0 unspecified atom stereocenters. The molecule has 1 aromatic rings. The van der Waals surface area contributed by atoms with Gasteiger partial charge in [-0.05, 0) is 65.3 Å². The summed E-state index contributed by atoms with van der Waals surface area (Å²) in [4.78, 5) is 26.0. The third-order valence-electron chi connectivity index (χ3n) is 4.81. The van der Waals surface area contributed by atoms with Crippen molar-refractivity contribution >= 4 is 17.7 Å². The molecule has 1 saturated heterocycles. The van der Waals surface area contributed by atoms with Crippen molar-refractivity contribution in [1.82, 2.24) is 10.2 Å². The third-order valence-corrected chi connectivity index (χ3v) is 4.81. The van der Waals surface area contributed by atoms with E-state index in [1.807, 2.05) is 0 Å². The van der Waals surface area contributed by atoms with Crippen molar-refractivity contribution in [2.75, 3.05) is 38.1 Å². The van der Waals surface area contributed by atoms with Gasteiger partial charge in [-0.15, -0.1) is 0 Å². The maximum absolute atomic E-state index is 13.4. The van der Waals surface area contributed by atoms with Crippen LogP contribution in [-0.4, -0.2) is 61.4 Å². The number of halogens is 3. The van der Waals surface area contributed by atoms with E-state index in [0.717, 1.165) is 31.5 Å². The standard InChI is InChI=1S/C22H32F3N3O4/c1-5-31-19(29)15-8-9-17(22(23,24)25)18(13-15)26-10-12-28-11-6-7-16(14-28)27-20(30)32-21(2,3)4/h8-9,13,16,26H,5-7,10-12,14H2,1-4H3,(H,27,30)/t16-/m1/s1. The van der Waals surface area contributed by atoms with Crippen LogP contribution in [0.25, 0.3) is 0 Å². The van der Waals surface area contributed by atoms with Crippen LogP contribution in [0.2, 0.25) is 0 Å². The highest BCUT2D eigenvalue weighted by atomic mass is 19.4. The van der Waals surface area contributed by atoms with Crippen molar-refractivity contribution in [2.45, 2.75) is 58.4 Å². The van der Waals surface area contributed by atoms with Gasteiger partial charge in [-0.1, -0.05) is 0 Å². The Balaban J connectivity index is 1.96. The number of carbonyl (C=O) groups excluding carboxylic acids is 2. The van der Waals surface area contributed by atoms with Crippen LogP contribution in [-0.2, 0) is 15.7 Å². The summed E-state index contributed by atoms with van der Waals surface area (Å²) >= 11 is 0. The predicted octanol–water partition coefficient (Wildman–Crippen LogP) is 4.28. The molecule has 180 valence electrons. The molecule has 1 aliphatic rings. The highest BCUT2D eigenvalue weighted by Gasteiger charge is 2.34. The van der Waals surface area contributed by atoms with Gasteiger partial charge in [0.05, 0.1) is 17.7 Å². The van der Waals surface area contributed by atoms with Crippen LogP contribution in [0.3, 0.4) is 0 Å². The Morgan fingerprint density at radius 3 is 2.56 bits per heavy atom. The Kier molecular flexibility index (Phi) is 8.77. The first kappa shape index (κ1) is 25.8. The number of likely N-dealkylation sites (tertiary alicyclic amines) is 1. The fourth-order valence-electron chi connectivity index (χ4n) is 3.48.